The molecule has 0 heterocycles. The van der Waals surface area contributed by atoms with Crippen LogP contribution < -0.4 is 10.2 Å². The van der Waals surface area contributed by atoms with E-state index < -0.39 is 17.9 Å². The van der Waals surface area contributed by atoms with Crippen molar-refractivity contribution in [2.24, 2.45) is 0 Å². The van der Waals surface area contributed by atoms with Crippen LogP contribution in [0.5, 0.6) is 0 Å². The van der Waals surface area contributed by atoms with Gasteiger partial charge in [0, 0.05) is 18.8 Å². The number of para-hydroxylation sites is 1. The van der Waals surface area contributed by atoms with Crippen LogP contribution in [0.2, 0.25) is 0 Å². The van der Waals surface area contributed by atoms with Crippen LogP contribution in [0.4, 0.5) is 5.69 Å². The second kappa shape index (κ2) is 8.26. The molecule has 2 aromatic rings. The molecule has 0 unspecified atom stereocenters. The van der Waals surface area contributed by atoms with Gasteiger partial charge in [0.1, 0.15) is 0 Å². The molecule has 2 amide bonds. The van der Waals surface area contributed by atoms with Crippen molar-refractivity contribution in [3.63, 3.8) is 0 Å². The summed E-state index contributed by atoms with van der Waals surface area (Å²) in [6.07, 6.45) is -1.73. The first-order valence-electron chi connectivity index (χ1n) is 7.90. The second-order valence-electron chi connectivity index (χ2n) is 5.53. The molecular weight excluding hydrogens is 304 g/mol. The Hall–Kier alpha value is -2.66. The predicted molar refractivity (Wildman–Crippen MR) is 93.5 cm³/mol. The Labute approximate surface area is 141 Å². The van der Waals surface area contributed by atoms with Gasteiger partial charge in [0.25, 0.3) is 11.8 Å². The summed E-state index contributed by atoms with van der Waals surface area (Å²) in [6, 6.07) is 16.6. The minimum Gasteiger partial charge on any atom is -0.375 e. The van der Waals surface area contributed by atoms with Crippen LogP contribution in [0.1, 0.15) is 18.1 Å². The normalized spacial score (nSPS) is 11.6. The van der Waals surface area contributed by atoms with E-state index in [1.807, 2.05) is 37.3 Å². The number of rotatable bonds is 6. The number of nitrogens with one attached hydrogen (secondary N) is 1. The number of amides is 2. The van der Waals surface area contributed by atoms with Gasteiger partial charge in [-0.1, -0.05) is 48.0 Å². The topological polar surface area (TPSA) is 69.6 Å². The van der Waals surface area contributed by atoms with Gasteiger partial charge in [-0.3, -0.25) is 9.59 Å². The number of benzene rings is 2. The number of nitrogens with zero attached hydrogens (tertiary/aromatic N) is 1. The predicted octanol–water partition coefficient (Wildman–Crippen LogP) is 2.03. The molecule has 2 N–H and O–H groups in total. The fourth-order valence-electron chi connectivity index (χ4n) is 2.44. The molecule has 0 saturated heterocycles. The standard InChI is InChI=1S/C19H22N2O3/c1-3-21(16-10-5-4-6-11-16)19(24)17(22)18(23)20-13-15-9-7-8-14(2)12-15/h4-12,17,22H,3,13H2,1-2H3,(H,20,23)/t17-/m0/s1. The van der Waals surface area contributed by atoms with E-state index in [4.69, 9.17) is 0 Å². The molecule has 0 aromatic heterocycles. The first-order chi connectivity index (χ1) is 11.5. The largest absolute Gasteiger partial charge is 0.375 e. The van der Waals surface area contributed by atoms with Crippen LogP contribution in [0.15, 0.2) is 54.6 Å². The SMILES string of the molecule is CCN(C(=O)[C@@H](O)C(=O)NCc1cccc(C)c1)c1ccccc1. The van der Waals surface area contributed by atoms with Crippen LogP contribution in [-0.4, -0.2) is 29.6 Å². The Morgan fingerprint density at radius 2 is 1.83 bits per heavy atom. The lowest BCUT2D eigenvalue weighted by atomic mass is 10.1. The fourth-order valence-corrected chi connectivity index (χ4v) is 2.44. The van der Waals surface area contributed by atoms with Gasteiger partial charge in [-0.25, -0.2) is 0 Å². The van der Waals surface area contributed by atoms with E-state index in [0.717, 1.165) is 11.1 Å². The molecule has 0 aliphatic carbocycles. The number of hydrogen-bond acceptors (Lipinski definition) is 3. The highest BCUT2D eigenvalue weighted by Gasteiger charge is 2.28. The molecule has 5 nitrogen and oxygen atoms in total. The van der Waals surface area contributed by atoms with Gasteiger partial charge in [0.2, 0.25) is 6.10 Å². The van der Waals surface area contributed by atoms with E-state index in [-0.39, 0.29) is 6.54 Å². The molecule has 24 heavy (non-hydrogen) atoms. The Kier molecular flexibility index (Phi) is 6.09. The summed E-state index contributed by atoms with van der Waals surface area (Å²) in [4.78, 5) is 25.9. The maximum absolute atomic E-state index is 12.4. The highest BCUT2D eigenvalue weighted by atomic mass is 16.3. The van der Waals surface area contributed by atoms with Crippen molar-refractivity contribution in [1.29, 1.82) is 0 Å². The van der Waals surface area contributed by atoms with Gasteiger partial charge in [-0.2, -0.15) is 0 Å². The zero-order chi connectivity index (χ0) is 17.5. The highest BCUT2D eigenvalue weighted by molar-refractivity contribution is 6.10. The number of aryl methyl sites for hydroxylation is 1. The Morgan fingerprint density at radius 3 is 2.46 bits per heavy atom. The quantitative estimate of drug-likeness (QED) is 0.798. The average Bonchev–Trinajstić information content (AvgIpc) is 2.60. The van der Waals surface area contributed by atoms with E-state index >= 15 is 0 Å². The summed E-state index contributed by atoms with van der Waals surface area (Å²) >= 11 is 0. The van der Waals surface area contributed by atoms with E-state index in [1.165, 1.54) is 4.90 Å². The number of carbonyl (C=O) groups is 2. The van der Waals surface area contributed by atoms with Gasteiger partial charge in [-0.05, 0) is 31.5 Å². The van der Waals surface area contributed by atoms with Crippen LogP contribution in [0.3, 0.4) is 0 Å². The molecule has 0 saturated carbocycles. The lowest BCUT2D eigenvalue weighted by molar-refractivity contribution is -0.139. The molecule has 0 radical (unpaired) electrons. The molecule has 0 aliphatic rings. The van der Waals surface area contributed by atoms with E-state index in [2.05, 4.69) is 5.32 Å². The monoisotopic (exact) mass is 326 g/mol. The van der Waals surface area contributed by atoms with Crippen molar-refractivity contribution in [1.82, 2.24) is 5.32 Å². The second-order valence-corrected chi connectivity index (χ2v) is 5.53. The summed E-state index contributed by atoms with van der Waals surface area (Å²) in [6.45, 7) is 4.39. The van der Waals surface area contributed by atoms with Gasteiger partial charge in [0.15, 0.2) is 0 Å². The third kappa shape index (κ3) is 4.43. The first kappa shape index (κ1) is 17.7. The van der Waals surface area contributed by atoms with Crippen molar-refractivity contribution in [3.05, 3.63) is 65.7 Å². The van der Waals surface area contributed by atoms with E-state index in [9.17, 15) is 14.7 Å². The molecule has 0 spiro atoms. The average molecular weight is 326 g/mol. The van der Waals surface area contributed by atoms with E-state index in [0.29, 0.717) is 12.2 Å². The van der Waals surface area contributed by atoms with Crippen molar-refractivity contribution >= 4 is 17.5 Å². The highest BCUT2D eigenvalue weighted by Crippen LogP contribution is 2.14. The van der Waals surface area contributed by atoms with Gasteiger partial charge >= 0.3 is 0 Å². The zero-order valence-electron chi connectivity index (χ0n) is 13.9. The van der Waals surface area contributed by atoms with Crippen LogP contribution in [0.25, 0.3) is 0 Å². The smallest absolute Gasteiger partial charge is 0.265 e. The summed E-state index contributed by atoms with van der Waals surface area (Å²) < 4.78 is 0. The number of aliphatic hydroxyl groups excluding tert-OH is 1. The summed E-state index contributed by atoms with van der Waals surface area (Å²) in [5.41, 5.74) is 2.65. The minimum atomic E-state index is -1.73. The summed E-state index contributed by atoms with van der Waals surface area (Å²) in [5, 5.41) is 12.7. The van der Waals surface area contributed by atoms with Gasteiger partial charge in [-0.15, -0.1) is 0 Å². The Balaban J connectivity index is 1.99. The molecule has 0 fully saturated rings. The molecular formula is C19H22N2O3. The number of aliphatic hydroxyl groups is 1. The molecule has 5 heteroatoms. The van der Waals surface area contributed by atoms with Gasteiger partial charge in [0.05, 0.1) is 0 Å². The molecule has 0 aliphatic heterocycles. The maximum atomic E-state index is 12.4. The van der Waals surface area contributed by atoms with Crippen molar-refractivity contribution in [3.8, 4) is 0 Å². The molecule has 1 atom stereocenters. The lowest BCUT2D eigenvalue weighted by Gasteiger charge is -2.23. The van der Waals surface area contributed by atoms with Crippen molar-refractivity contribution < 1.29 is 14.7 Å². The molecule has 2 aromatic carbocycles. The number of hydrogen-bond donors (Lipinski definition) is 2. The molecule has 0 bridgehead atoms. The van der Waals surface area contributed by atoms with Gasteiger partial charge < -0.3 is 15.3 Å². The fraction of sp³-hybridized carbons (Fsp3) is 0.263. The first-order valence-corrected chi connectivity index (χ1v) is 7.90. The van der Waals surface area contributed by atoms with E-state index in [1.54, 1.807) is 31.2 Å². The minimum absolute atomic E-state index is 0.266. The summed E-state index contributed by atoms with van der Waals surface area (Å²) in [5.74, 6) is -1.33. The molecule has 126 valence electrons. The number of anilines is 1. The number of likely N-dealkylation sites (N-methyl/N-ethyl adjacent to an activating group) is 1. The summed E-state index contributed by atoms with van der Waals surface area (Å²) in [7, 11) is 0. The van der Waals surface area contributed by atoms with Crippen molar-refractivity contribution in [2.45, 2.75) is 26.5 Å². The van der Waals surface area contributed by atoms with Crippen LogP contribution in [-0.2, 0) is 16.1 Å². The Morgan fingerprint density at radius 1 is 1.12 bits per heavy atom. The zero-order valence-corrected chi connectivity index (χ0v) is 13.9. The van der Waals surface area contributed by atoms with Crippen LogP contribution in [0, 0.1) is 6.92 Å². The maximum Gasteiger partial charge on any atom is 0.265 e. The Bertz CT molecular complexity index is 701. The van der Waals surface area contributed by atoms with Crippen molar-refractivity contribution in [2.75, 3.05) is 11.4 Å². The number of carbonyl (C=O) groups excluding carboxylic acids is 2. The van der Waals surface area contributed by atoms with Crippen LogP contribution >= 0.6 is 0 Å². The third-order valence-corrected chi connectivity index (χ3v) is 3.68. The lowest BCUT2D eigenvalue weighted by Crippen LogP contribution is -2.47. The molecule has 2 rings (SSSR count). The third-order valence-electron chi connectivity index (χ3n) is 3.68.